The van der Waals surface area contributed by atoms with Crippen LogP contribution in [-0.4, -0.2) is 54.1 Å². The fourth-order valence-corrected chi connectivity index (χ4v) is 2.98. The molecule has 0 aliphatic carbocycles. The third-order valence-electron chi connectivity index (χ3n) is 4.80. The Morgan fingerprint density at radius 2 is 1.29 bits per heavy atom. The standard InChI is InChI=1S/C16H14N2O6.C8H7NO5/c1-23-14-7-6-10(9-13(14)18(21)22)15(19)17-12-5-3-4-11(8-12)16(20)24-2;1-14-7-3-2-5(8(10)11)4-6(7)9(12)13/h3-9H,1-2H3,(H,17,19);2-4H,1H3,(H,10,11). The highest BCUT2D eigenvalue weighted by molar-refractivity contribution is 6.05. The van der Waals surface area contributed by atoms with Gasteiger partial charge in [0.25, 0.3) is 5.91 Å². The van der Waals surface area contributed by atoms with Crippen molar-refractivity contribution >= 4 is 34.9 Å². The first-order valence-electron chi connectivity index (χ1n) is 10.4. The molecule has 0 bridgehead atoms. The highest BCUT2D eigenvalue weighted by atomic mass is 16.6. The molecule has 3 aromatic carbocycles. The number of carbonyl (C=O) groups is 3. The third kappa shape index (κ3) is 7.24. The van der Waals surface area contributed by atoms with Crippen molar-refractivity contribution < 1.29 is 43.5 Å². The molecule has 3 aromatic rings. The number of carboxylic acid groups (broad SMARTS) is 1. The van der Waals surface area contributed by atoms with E-state index in [9.17, 15) is 34.6 Å². The summed E-state index contributed by atoms with van der Waals surface area (Å²) in [6.45, 7) is 0. The molecule has 0 aliphatic rings. The number of nitro benzene ring substituents is 2. The lowest BCUT2D eigenvalue weighted by Crippen LogP contribution is -2.13. The Hall–Kier alpha value is -5.53. The van der Waals surface area contributed by atoms with Gasteiger partial charge in [-0.1, -0.05) is 6.07 Å². The lowest BCUT2D eigenvalue weighted by Gasteiger charge is -2.08. The van der Waals surface area contributed by atoms with Crippen LogP contribution in [-0.2, 0) is 4.74 Å². The van der Waals surface area contributed by atoms with Gasteiger partial charge in [-0.05, 0) is 42.5 Å². The van der Waals surface area contributed by atoms with Gasteiger partial charge in [-0.25, -0.2) is 9.59 Å². The van der Waals surface area contributed by atoms with Crippen LogP contribution in [0.4, 0.5) is 17.1 Å². The van der Waals surface area contributed by atoms with E-state index in [0.29, 0.717) is 5.69 Å². The van der Waals surface area contributed by atoms with Gasteiger partial charge in [0.1, 0.15) is 0 Å². The van der Waals surface area contributed by atoms with Crippen LogP contribution in [0.1, 0.15) is 31.1 Å². The molecular formula is C24H21N3O11. The van der Waals surface area contributed by atoms with Gasteiger partial charge in [-0.2, -0.15) is 0 Å². The largest absolute Gasteiger partial charge is 0.490 e. The van der Waals surface area contributed by atoms with Gasteiger partial charge in [0, 0.05) is 23.4 Å². The quantitative estimate of drug-likeness (QED) is 0.244. The minimum atomic E-state index is -1.21. The minimum Gasteiger partial charge on any atom is -0.490 e. The van der Waals surface area contributed by atoms with E-state index < -0.39 is 27.7 Å². The lowest BCUT2D eigenvalue weighted by atomic mass is 10.1. The van der Waals surface area contributed by atoms with E-state index in [0.717, 1.165) is 12.1 Å². The molecule has 0 unspecified atom stereocenters. The van der Waals surface area contributed by atoms with E-state index in [1.54, 1.807) is 18.2 Å². The van der Waals surface area contributed by atoms with E-state index in [-0.39, 0.29) is 39.6 Å². The van der Waals surface area contributed by atoms with Gasteiger partial charge in [-0.15, -0.1) is 0 Å². The van der Waals surface area contributed by atoms with Crippen molar-refractivity contribution in [2.75, 3.05) is 26.6 Å². The Kier molecular flexibility index (Phi) is 9.79. The number of benzene rings is 3. The van der Waals surface area contributed by atoms with E-state index in [2.05, 4.69) is 10.1 Å². The van der Waals surface area contributed by atoms with Crippen LogP contribution in [0.5, 0.6) is 11.5 Å². The summed E-state index contributed by atoms with van der Waals surface area (Å²) in [7, 11) is 3.84. The number of hydrogen-bond donors (Lipinski definition) is 2. The van der Waals surface area contributed by atoms with E-state index in [4.69, 9.17) is 14.6 Å². The molecule has 14 nitrogen and oxygen atoms in total. The summed E-state index contributed by atoms with van der Waals surface area (Å²) >= 11 is 0. The number of esters is 1. The van der Waals surface area contributed by atoms with Gasteiger partial charge in [0.2, 0.25) is 0 Å². The van der Waals surface area contributed by atoms with Crippen molar-refractivity contribution in [3.8, 4) is 11.5 Å². The molecule has 2 N–H and O–H groups in total. The number of ether oxygens (including phenoxy) is 3. The molecule has 0 atom stereocenters. The van der Waals surface area contributed by atoms with Crippen molar-refractivity contribution in [2.45, 2.75) is 0 Å². The molecule has 3 rings (SSSR count). The Bertz CT molecular complexity index is 1390. The van der Waals surface area contributed by atoms with Gasteiger partial charge < -0.3 is 24.6 Å². The maximum absolute atomic E-state index is 12.2. The Morgan fingerprint density at radius 3 is 1.76 bits per heavy atom. The number of hydrogen-bond acceptors (Lipinski definition) is 10. The number of methoxy groups -OCH3 is 3. The molecule has 0 fully saturated rings. The zero-order chi connectivity index (χ0) is 28.4. The topological polar surface area (TPSA) is 197 Å². The van der Waals surface area contributed by atoms with Gasteiger partial charge >= 0.3 is 23.3 Å². The van der Waals surface area contributed by atoms with Crippen molar-refractivity contribution in [1.82, 2.24) is 0 Å². The lowest BCUT2D eigenvalue weighted by molar-refractivity contribution is -0.385. The molecule has 0 saturated carbocycles. The predicted molar refractivity (Wildman–Crippen MR) is 132 cm³/mol. The fraction of sp³-hybridized carbons (Fsp3) is 0.125. The van der Waals surface area contributed by atoms with Gasteiger partial charge in [0.05, 0.1) is 42.3 Å². The fourth-order valence-electron chi connectivity index (χ4n) is 2.98. The third-order valence-corrected chi connectivity index (χ3v) is 4.80. The van der Waals surface area contributed by atoms with Crippen LogP contribution in [0.3, 0.4) is 0 Å². The minimum absolute atomic E-state index is 0.0417. The molecule has 0 aliphatic heterocycles. The number of nitrogens with one attached hydrogen (secondary N) is 1. The molecular weight excluding hydrogens is 506 g/mol. The molecule has 38 heavy (non-hydrogen) atoms. The summed E-state index contributed by atoms with van der Waals surface area (Å²) < 4.78 is 14.2. The number of aromatic carboxylic acids is 1. The number of rotatable bonds is 8. The number of anilines is 1. The summed E-state index contributed by atoms with van der Waals surface area (Å²) in [5.74, 6) is -2.20. The number of amides is 1. The summed E-state index contributed by atoms with van der Waals surface area (Å²) in [5, 5.41) is 32.7. The molecule has 14 heteroatoms. The van der Waals surface area contributed by atoms with Crippen LogP contribution >= 0.6 is 0 Å². The van der Waals surface area contributed by atoms with Crippen molar-refractivity contribution in [3.63, 3.8) is 0 Å². The normalized spacial score (nSPS) is 9.76. The molecule has 0 heterocycles. The van der Waals surface area contributed by atoms with E-state index >= 15 is 0 Å². The highest BCUT2D eigenvalue weighted by Crippen LogP contribution is 2.28. The van der Waals surface area contributed by atoms with E-state index in [1.807, 2.05) is 0 Å². The Morgan fingerprint density at radius 1 is 0.763 bits per heavy atom. The summed E-state index contributed by atoms with van der Waals surface area (Å²) in [6, 6.07) is 13.5. The predicted octanol–water partition coefficient (Wildman–Crippen LogP) is 3.94. The zero-order valence-corrected chi connectivity index (χ0v) is 20.2. The van der Waals surface area contributed by atoms with Crippen molar-refractivity contribution in [3.05, 3.63) is 97.6 Å². The van der Waals surface area contributed by atoms with Crippen molar-refractivity contribution in [2.24, 2.45) is 0 Å². The first-order valence-corrected chi connectivity index (χ1v) is 10.4. The average Bonchev–Trinajstić information content (AvgIpc) is 2.92. The molecule has 198 valence electrons. The first kappa shape index (κ1) is 28.7. The second-order valence-corrected chi connectivity index (χ2v) is 7.12. The molecule has 0 aromatic heterocycles. The Balaban J connectivity index is 0.000000308. The second-order valence-electron chi connectivity index (χ2n) is 7.12. The van der Waals surface area contributed by atoms with Crippen LogP contribution in [0.15, 0.2) is 60.7 Å². The first-order chi connectivity index (χ1) is 18.0. The molecule has 1 amide bonds. The second kappa shape index (κ2) is 13.0. The number of carbonyl (C=O) groups excluding carboxylic acids is 2. The molecule has 0 saturated heterocycles. The van der Waals surface area contributed by atoms with Gasteiger partial charge in [-0.3, -0.25) is 25.0 Å². The maximum Gasteiger partial charge on any atom is 0.337 e. The average molecular weight is 527 g/mol. The SMILES string of the molecule is COC(=O)c1cccc(NC(=O)c2ccc(OC)c([N+](=O)[O-])c2)c1.COc1ccc(C(=O)O)cc1[N+](=O)[O-]. The zero-order valence-electron chi connectivity index (χ0n) is 20.2. The van der Waals surface area contributed by atoms with Crippen molar-refractivity contribution in [1.29, 1.82) is 0 Å². The maximum atomic E-state index is 12.2. The van der Waals surface area contributed by atoms with Crippen LogP contribution in [0.25, 0.3) is 0 Å². The van der Waals surface area contributed by atoms with Crippen LogP contribution in [0.2, 0.25) is 0 Å². The highest BCUT2D eigenvalue weighted by Gasteiger charge is 2.19. The number of nitrogens with zero attached hydrogens (tertiary/aromatic N) is 2. The van der Waals surface area contributed by atoms with E-state index in [1.165, 1.54) is 51.7 Å². The number of nitro groups is 2. The smallest absolute Gasteiger partial charge is 0.337 e. The Labute approximate surface area is 214 Å². The monoisotopic (exact) mass is 527 g/mol. The van der Waals surface area contributed by atoms with Crippen LogP contribution < -0.4 is 14.8 Å². The van der Waals surface area contributed by atoms with Gasteiger partial charge in [0.15, 0.2) is 11.5 Å². The summed E-state index contributed by atoms with van der Waals surface area (Å²) in [4.78, 5) is 54.4. The number of carboxylic acids is 1. The summed E-state index contributed by atoms with van der Waals surface area (Å²) in [5.41, 5.74) is -0.0817. The molecule has 0 radical (unpaired) electrons. The molecule has 0 spiro atoms. The van der Waals surface area contributed by atoms with Crippen LogP contribution in [0, 0.1) is 20.2 Å². The summed E-state index contributed by atoms with van der Waals surface area (Å²) in [6.07, 6.45) is 0.